The van der Waals surface area contributed by atoms with E-state index in [0.717, 1.165) is 64.2 Å². The summed E-state index contributed by atoms with van der Waals surface area (Å²) in [7, 11) is 0. The summed E-state index contributed by atoms with van der Waals surface area (Å²) in [4.78, 5) is 34.6. The predicted octanol–water partition coefficient (Wildman–Crippen LogP) is 4.05. The zero-order valence-corrected chi connectivity index (χ0v) is 20.0. The molecule has 33 heavy (non-hydrogen) atoms. The third-order valence-corrected chi connectivity index (χ3v) is 7.41. The summed E-state index contributed by atoms with van der Waals surface area (Å²) >= 11 is 1.63. The number of benzene rings is 2. The second-order valence-electron chi connectivity index (χ2n) is 8.92. The zero-order chi connectivity index (χ0) is 23.1. The lowest BCUT2D eigenvalue weighted by Gasteiger charge is -2.25. The number of amides is 2. The molecule has 2 amide bonds. The van der Waals surface area contributed by atoms with Crippen molar-refractivity contribution in [3.63, 3.8) is 0 Å². The molecule has 1 aromatic heterocycles. The summed E-state index contributed by atoms with van der Waals surface area (Å²) in [5.74, 6) is -0.498. The molecule has 1 N–H and O–H groups in total. The molecule has 3 aromatic rings. The molecule has 2 fully saturated rings. The lowest BCUT2D eigenvalue weighted by molar-refractivity contribution is -0.122. The van der Waals surface area contributed by atoms with Crippen LogP contribution in [0.3, 0.4) is 0 Å². The molecule has 2 aromatic carbocycles. The maximum absolute atomic E-state index is 13.0. The molecule has 2 saturated heterocycles. The fourth-order valence-corrected chi connectivity index (χ4v) is 5.88. The molecule has 2 aliphatic heterocycles. The quantitative estimate of drug-likeness (QED) is 0.631. The molecular formula is C25H28N4O3S. The Bertz CT molecular complexity index is 1210. The molecule has 0 aliphatic carbocycles. The van der Waals surface area contributed by atoms with E-state index >= 15 is 0 Å². The van der Waals surface area contributed by atoms with E-state index in [9.17, 15) is 9.59 Å². The van der Waals surface area contributed by atoms with Crippen LogP contribution in [0.15, 0.2) is 30.3 Å². The Labute approximate surface area is 197 Å². The molecule has 1 unspecified atom stereocenters. The van der Waals surface area contributed by atoms with Crippen molar-refractivity contribution >= 4 is 49.9 Å². The number of morpholine rings is 1. The number of hydrogen-bond donors (Lipinski definition) is 1. The van der Waals surface area contributed by atoms with Crippen LogP contribution in [0.4, 0.5) is 16.5 Å². The van der Waals surface area contributed by atoms with Crippen LogP contribution >= 0.6 is 11.3 Å². The SMILES string of the molecule is Cc1cc(C)c(N2CC(C(=O)Nc3ccc4nc(N5CCOCC5)sc4c3)CC2=O)c(C)c1. The zero-order valence-electron chi connectivity index (χ0n) is 19.2. The van der Waals surface area contributed by atoms with Gasteiger partial charge in [0.25, 0.3) is 0 Å². The molecule has 3 heterocycles. The molecule has 0 radical (unpaired) electrons. The number of nitrogens with one attached hydrogen (secondary N) is 1. The molecule has 8 heteroatoms. The van der Waals surface area contributed by atoms with Crippen LogP contribution in [0.5, 0.6) is 0 Å². The van der Waals surface area contributed by atoms with Gasteiger partial charge in [-0.25, -0.2) is 4.98 Å². The van der Waals surface area contributed by atoms with Crippen LogP contribution in [0, 0.1) is 26.7 Å². The van der Waals surface area contributed by atoms with E-state index in [1.54, 1.807) is 16.2 Å². The molecule has 7 nitrogen and oxygen atoms in total. The molecule has 172 valence electrons. The molecule has 1 atom stereocenters. The third kappa shape index (κ3) is 4.32. The van der Waals surface area contributed by atoms with E-state index in [0.29, 0.717) is 6.54 Å². The standard InChI is InChI=1S/C25H28N4O3S/c1-15-10-16(2)23(17(3)11-15)29-14-18(12-22(29)30)24(31)26-19-4-5-20-21(13-19)33-25(27-20)28-6-8-32-9-7-28/h4-5,10-11,13,18H,6-9,12,14H2,1-3H3,(H,26,31). The summed E-state index contributed by atoms with van der Waals surface area (Å²) in [5.41, 5.74) is 5.89. The number of fused-ring (bicyclic) bond motifs is 1. The Hall–Kier alpha value is -2.97. The first kappa shape index (κ1) is 21.9. The molecule has 0 bridgehead atoms. The Morgan fingerprint density at radius 2 is 1.85 bits per heavy atom. The van der Waals surface area contributed by atoms with Gasteiger partial charge in [-0.3, -0.25) is 9.59 Å². The number of carbonyl (C=O) groups excluding carboxylic acids is 2. The van der Waals surface area contributed by atoms with Gasteiger partial charge in [0.1, 0.15) is 0 Å². The lowest BCUT2D eigenvalue weighted by Crippen LogP contribution is -2.36. The summed E-state index contributed by atoms with van der Waals surface area (Å²) in [5, 5.41) is 4.01. The van der Waals surface area contributed by atoms with Gasteiger partial charge >= 0.3 is 0 Å². The highest BCUT2D eigenvalue weighted by Gasteiger charge is 2.36. The van der Waals surface area contributed by atoms with Gasteiger partial charge in [-0.1, -0.05) is 29.0 Å². The molecule has 5 rings (SSSR count). The van der Waals surface area contributed by atoms with Crippen LogP contribution in [0.2, 0.25) is 0 Å². The van der Waals surface area contributed by atoms with Gasteiger partial charge in [-0.15, -0.1) is 0 Å². The number of nitrogens with zero attached hydrogens (tertiary/aromatic N) is 3. The largest absolute Gasteiger partial charge is 0.378 e. The van der Waals surface area contributed by atoms with Crippen LogP contribution in [-0.4, -0.2) is 49.6 Å². The van der Waals surface area contributed by atoms with Crippen molar-refractivity contribution in [2.45, 2.75) is 27.2 Å². The number of aryl methyl sites for hydroxylation is 3. The Morgan fingerprint density at radius 3 is 2.58 bits per heavy atom. The summed E-state index contributed by atoms with van der Waals surface area (Å²) < 4.78 is 6.46. The molecular weight excluding hydrogens is 436 g/mol. The monoisotopic (exact) mass is 464 g/mol. The van der Waals surface area contributed by atoms with Crippen LogP contribution in [0.1, 0.15) is 23.1 Å². The summed E-state index contributed by atoms with van der Waals surface area (Å²) in [6.45, 7) is 9.61. The highest BCUT2D eigenvalue weighted by Crippen LogP contribution is 2.34. The van der Waals surface area contributed by atoms with E-state index < -0.39 is 0 Å². The van der Waals surface area contributed by atoms with Gasteiger partial charge in [-0.2, -0.15) is 0 Å². The fourth-order valence-electron chi connectivity index (χ4n) is 4.82. The van der Waals surface area contributed by atoms with Gasteiger partial charge in [0.05, 0.1) is 29.3 Å². The Morgan fingerprint density at radius 1 is 1.12 bits per heavy atom. The highest BCUT2D eigenvalue weighted by molar-refractivity contribution is 7.22. The predicted molar refractivity (Wildman–Crippen MR) is 132 cm³/mol. The van der Waals surface area contributed by atoms with Crippen molar-refractivity contribution in [3.05, 3.63) is 47.0 Å². The average Bonchev–Trinajstić information content (AvgIpc) is 3.37. The number of carbonyl (C=O) groups is 2. The summed E-state index contributed by atoms with van der Waals surface area (Å²) in [6.07, 6.45) is 0.225. The van der Waals surface area contributed by atoms with Crippen molar-refractivity contribution in [2.75, 3.05) is 48.0 Å². The molecule has 2 aliphatic rings. The number of rotatable bonds is 4. The maximum Gasteiger partial charge on any atom is 0.229 e. The van der Waals surface area contributed by atoms with Crippen LogP contribution in [-0.2, 0) is 14.3 Å². The maximum atomic E-state index is 13.0. The minimum absolute atomic E-state index is 0.00161. The highest BCUT2D eigenvalue weighted by atomic mass is 32.1. The number of thiazole rings is 1. The minimum Gasteiger partial charge on any atom is -0.378 e. The number of hydrogen-bond acceptors (Lipinski definition) is 6. The Kier molecular flexibility index (Phi) is 5.80. The van der Waals surface area contributed by atoms with E-state index in [1.807, 2.05) is 32.0 Å². The van der Waals surface area contributed by atoms with Crippen LogP contribution in [0.25, 0.3) is 10.2 Å². The van der Waals surface area contributed by atoms with Crippen molar-refractivity contribution in [2.24, 2.45) is 5.92 Å². The van der Waals surface area contributed by atoms with E-state index in [2.05, 4.69) is 29.3 Å². The van der Waals surface area contributed by atoms with Crippen molar-refractivity contribution in [3.8, 4) is 0 Å². The number of aromatic nitrogens is 1. The topological polar surface area (TPSA) is 74.8 Å². The van der Waals surface area contributed by atoms with Gasteiger partial charge in [0, 0.05) is 37.4 Å². The molecule has 0 spiro atoms. The Balaban J connectivity index is 1.30. The second kappa shape index (κ2) is 8.76. The minimum atomic E-state index is -0.376. The van der Waals surface area contributed by atoms with Gasteiger partial charge in [0.15, 0.2) is 5.13 Å². The van der Waals surface area contributed by atoms with Crippen molar-refractivity contribution in [1.29, 1.82) is 0 Å². The average molecular weight is 465 g/mol. The lowest BCUT2D eigenvalue weighted by atomic mass is 10.0. The van der Waals surface area contributed by atoms with Gasteiger partial charge in [0.2, 0.25) is 11.8 Å². The van der Waals surface area contributed by atoms with Crippen molar-refractivity contribution < 1.29 is 14.3 Å². The van der Waals surface area contributed by atoms with E-state index in [-0.39, 0.29) is 24.2 Å². The number of anilines is 3. The van der Waals surface area contributed by atoms with E-state index in [4.69, 9.17) is 9.72 Å². The third-order valence-electron chi connectivity index (χ3n) is 6.33. The fraction of sp³-hybridized carbons (Fsp3) is 0.400. The number of ether oxygens (including phenoxy) is 1. The first-order valence-corrected chi connectivity index (χ1v) is 12.1. The normalized spacial score (nSPS) is 18.9. The van der Waals surface area contributed by atoms with Gasteiger partial charge < -0.3 is 19.9 Å². The van der Waals surface area contributed by atoms with Crippen LogP contribution < -0.4 is 15.1 Å². The molecule has 0 saturated carbocycles. The summed E-state index contributed by atoms with van der Waals surface area (Å²) in [6, 6.07) is 9.96. The second-order valence-corrected chi connectivity index (χ2v) is 9.93. The van der Waals surface area contributed by atoms with E-state index in [1.165, 1.54) is 5.56 Å². The van der Waals surface area contributed by atoms with Crippen molar-refractivity contribution in [1.82, 2.24) is 4.98 Å². The first-order chi connectivity index (χ1) is 15.9. The van der Waals surface area contributed by atoms with Gasteiger partial charge in [-0.05, 0) is 50.1 Å². The smallest absolute Gasteiger partial charge is 0.229 e. The first-order valence-electron chi connectivity index (χ1n) is 11.3.